The van der Waals surface area contributed by atoms with Crippen LogP contribution in [0.4, 0.5) is 0 Å². The van der Waals surface area contributed by atoms with Crippen molar-refractivity contribution in [2.75, 3.05) is 26.7 Å². The summed E-state index contributed by atoms with van der Waals surface area (Å²) in [5.74, 6) is 0.390. The van der Waals surface area contributed by atoms with Crippen molar-refractivity contribution in [2.45, 2.75) is 38.8 Å². The fourth-order valence-electron chi connectivity index (χ4n) is 2.95. The molecule has 0 aromatic carbocycles. The molecular weight excluding hydrogens is 278 g/mol. The number of pyridine rings is 1. The smallest absolute Gasteiger partial charge is 0.246 e. The molecule has 5 nitrogen and oxygen atoms in total. The largest absolute Gasteiger partial charge is 0.369 e. The standard InChI is InChI=1S/C17H27N3O2/c1-4-13(2)22-12-16(21)19-11-15-7-9-20(3)17(15)14-6-5-8-18-10-14/h5-6,8,10,13,15,17H,4,7,9,11-12H2,1-3H3,(H,19,21)/t13-,15+,17+/m1/s1. The third-order valence-corrected chi connectivity index (χ3v) is 4.44. The average Bonchev–Trinajstić information content (AvgIpc) is 2.92. The Kier molecular flexibility index (Phi) is 6.34. The van der Waals surface area contributed by atoms with Crippen molar-refractivity contribution in [1.82, 2.24) is 15.2 Å². The molecule has 22 heavy (non-hydrogen) atoms. The second-order valence-corrected chi connectivity index (χ2v) is 6.09. The Morgan fingerprint density at radius 2 is 2.41 bits per heavy atom. The van der Waals surface area contributed by atoms with Crippen molar-refractivity contribution in [1.29, 1.82) is 0 Å². The number of aromatic nitrogens is 1. The van der Waals surface area contributed by atoms with Gasteiger partial charge in [0.15, 0.2) is 0 Å². The molecular formula is C17H27N3O2. The highest BCUT2D eigenvalue weighted by atomic mass is 16.5. The van der Waals surface area contributed by atoms with E-state index in [-0.39, 0.29) is 18.6 Å². The van der Waals surface area contributed by atoms with Crippen LogP contribution in [0.25, 0.3) is 0 Å². The number of likely N-dealkylation sites (tertiary alicyclic amines) is 1. The van der Waals surface area contributed by atoms with Crippen molar-refractivity contribution in [3.8, 4) is 0 Å². The van der Waals surface area contributed by atoms with E-state index in [1.807, 2.05) is 19.2 Å². The Morgan fingerprint density at radius 1 is 1.59 bits per heavy atom. The molecule has 122 valence electrons. The van der Waals surface area contributed by atoms with Crippen LogP contribution in [0.1, 0.15) is 38.3 Å². The quantitative estimate of drug-likeness (QED) is 0.837. The summed E-state index contributed by atoms with van der Waals surface area (Å²) in [6.45, 7) is 5.91. The number of carbonyl (C=O) groups is 1. The van der Waals surface area contributed by atoms with E-state index < -0.39 is 0 Å². The summed E-state index contributed by atoms with van der Waals surface area (Å²) >= 11 is 0. The molecule has 0 aliphatic carbocycles. The van der Waals surface area contributed by atoms with Crippen LogP contribution in [-0.4, -0.2) is 48.6 Å². The molecule has 5 heteroatoms. The Labute approximate surface area is 133 Å². The molecule has 1 aliphatic heterocycles. The van der Waals surface area contributed by atoms with E-state index >= 15 is 0 Å². The molecule has 0 radical (unpaired) electrons. The Balaban J connectivity index is 1.85. The molecule has 0 unspecified atom stereocenters. The minimum Gasteiger partial charge on any atom is -0.369 e. The number of rotatable bonds is 7. The van der Waals surface area contributed by atoms with Gasteiger partial charge in [0.25, 0.3) is 0 Å². The van der Waals surface area contributed by atoms with E-state index in [1.54, 1.807) is 6.20 Å². The fourth-order valence-corrected chi connectivity index (χ4v) is 2.95. The summed E-state index contributed by atoms with van der Waals surface area (Å²) in [6.07, 6.45) is 5.85. The number of hydrogen-bond acceptors (Lipinski definition) is 4. The van der Waals surface area contributed by atoms with E-state index in [0.29, 0.717) is 18.5 Å². The molecule has 1 aromatic rings. The van der Waals surface area contributed by atoms with E-state index in [9.17, 15) is 4.79 Å². The maximum atomic E-state index is 11.9. The lowest BCUT2D eigenvalue weighted by atomic mass is 9.95. The van der Waals surface area contributed by atoms with E-state index in [0.717, 1.165) is 19.4 Å². The van der Waals surface area contributed by atoms with Crippen LogP contribution in [0.5, 0.6) is 0 Å². The minimum absolute atomic E-state index is 0.0280. The molecule has 2 rings (SSSR count). The highest BCUT2D eigenvalue weighted by Gasteiger charge is 2.33. The van der Waals surface area contributed by atoms with Gasteiger partial charge in [0.1, 0.15) is 6.61 Å². The normalized spacial score (nSPS) is 23.4. The molecule has 1 aliphatic rings. The van der Waals surface area contributed by atoms with Crippen LogP contribution < -0.4 is 5.32 Å². The Hall–Kier alpha value is -1.46. The topological polar surface area (TPSA) is 54.5 Å². The monoisotopic (exact) mass is 305 g/mol. The molecule has 1 saturated heterocycles. The van der Waals surface area contributed by atoms with Crippen LogP contribution >= 0.6 is 0 Å². The van der Waals surface area contributed by atoms with Crippen LogP contribution in [-0.2, 0) is 9.53 Å². The van der Waals surface area contributed by atoms with E-state index in [2.05, 4.69) is 35.2 Å². The van der Waals surface area contributed by atoms with Crippen molar-refractivity contribution in [3.63, 3.8) is 0 Å². The minimum atomic E-state index is -0.0280. The lowest BCUT2D eigenvalue weighted by molar-refractivity contribution is -0.127. The van der Waals surface area contributed by atoms with Gasteiger partial charge in [-0.3, -0.25) is 14.7 Å². The molecule has 0 saturated carbocycles. The second kappa shape index (κ2) is 8.25. The third-order valence-electron chi connectivity index (χ3n) is 4.44. The van der Waals surface area contributed by atoms with Gasteiger partial charge < -0.3 is 10.1 Å². The molecule has 3 atom stereocenters. The van der Waals surface area contributed by atoms with Crippen molar-refractivity contribution >= 4 is 5.91 Å². The zero-order valence-corrected chi connectivity index (χ0v) is 13.8. The maximum Gasteiger partial charge on any atom is 0.246 e. The molecule has 0 bridgehead atoms. The molecule has 1 amide bonds. The number of amides is 1. The summed E-state index contributed by atoms with van der Waals surface area (Å²) in [6, 6.07) is 4.40. The van der Waals surface area contributed by atoms with Crippen LogP contribution in [0.15, 0.2) is 24.5 Å². The molecule has 1 N–H and O–H groups in total. The van der Waals surface area contributed by atoms with Crippen molar-refractivity contribution in [2.24, 2.45) is 5.92 Å². The van der Waals surface area contributed by atoms with Crippen LogP contribution in [0, 0.1) is 5.92 Å². The first-order chi connectivity index (χ1) is 10.6. The Morgan fingerprint density at radius 3 is 3.09 bits per heavy atom. The van der Waals surface area contributed by atoms with Crippen molar-refractivity contribution in [3.05, 3.63) is 30.1 Å². The van der Waals surface area contributed by atoms with Crippen molar-refractivity contribution < 1.29 is 9.53 Å². The number of nitrogens with one attached hydrogen (secondary N) is 1. The highest BCUT2D eigenvalue weighted by Crippen LogP contribution is 2.35. The summed E-state index contributed by atoms with van der Waals surface area (Å²) in [4.78, 5) is 18.4. The van der Waals surface area contributed by atoms with Crippen LogP contribution in [0.3, 0.4) is 0 Å². The lowest BCUT2D eigenvalue weighted by Gasteiger charge is -2.25. The summed E-state index contributed by atoms with van der Waals surface area (Å²) < 4.78 is 5.47. The Bertz CT molecular complexity index is 466. The molecule has 2 heterocycles. The summed E-state index contributed by atoms with van der Waals surface area (Å²) in [5, 5.41) is 3.01. The predicted octanol–water partition coefficient (Wildman–Crippen LogP) is 2.01. The first-order valence-corrected chi connectivity index (χ1v) is 8.10. The van der Waals surface area contributed by atoms with Crippen LogP contribution in [0.2, 0.25) is 0 Å². The number of carbonyl (C=O) groups excluding carboxylic acids is 1. The summed E-state index contributed by atoms with van der Waals surface area (Å²) in [7, 11) is 2.13. The SMILES string of the molecule is CC[C@@H](C)OCC(=O)NC[C@@H]1CCN(C)[C@H]1c1cccnc1. The third kappa shape index (κ3) is 4.52. The predicted molar refractivity (Wildman–Crippen MR) is 86.4 cm³/mol. The number of hydrogen-bond donors (Lipinski definition) is 1. The molecule has 1 fully saturated rings. The van der Waals surface area contributed by atoms with Gasteiger partial charge in [0.2, 0.25) is 5.91 Å². The fraction of sp³-hybridized carbons (Fsp3) is 0.647. The molecule has 1 aromatic heterocycles. The van der Waals surface area contributed by atoms with Gasteiger partial charge in [-0.15, -0.1) is 0 Å². The lowest BCUT2D eigenvalue weighted by Crippen LogP contribution is -2.35. The van der Waals surface area contributed by atoms with Gasteiger partial charge >= 0.3 is 0 Å². The van der Waals surface area contributed by atoms with Gasteiger partial charge in [-0.2, -0.15) is 0 Å². The second-order valence-electron chi connectivity index (χ2n) is 6.09. The number of nitrogens with zero attached hydrogens (tertiary/aromatic N) is 2. The number of ether oxygens (including phenoxy) is 1. The first-order valence-electron chi connectivity index (χ1n) is 8.10. The molecule has 0 spiro atoms. The van der Waals surface area contributed by atoms with Gasteiger partial charge in [-0.25, -0.2) is 0 Å². The van der Waals surface area contributed by atoms with Gasteiger partial charge in [0.05, 0.1) is 6.10 Å². The zero-order chi connectivity index (χ0) is 15.9. The highest BCUT2D eigenvalue weighted by molar-refractivity contribution is 5.77. The van der Waals surface area contributed by atoms with Gasteiger partial charge in [0, 0.05) is 25.0 Å². The van der Waals surface area contributed by atoms with Gasteiger partial charge in [-0.1, -0.05) is 13.0 Å². The van der Waals surface area contributed by atoms with Gasteiger partial charge in [-0.05, 0) is 50.9 Å². The first kappa shape index (κ1) is 16.9. The zero-order valence-electron chi connectivity index (χ0n) is 13.8. The maximum absolute atomic E-state index is 11.9. The average molecular weight is 305 g/mol. The van der Waals surface area contributed by atoms with E-state index in [1.165, 1.54) is 5.56 Å². The summed E-state index contributed by atoms with van der Waals surface area (Å²) in [5.41, 5.74) is 1.22. The van der Waals surface area contributed by atoms with E-state index in [4.69, 9.17) is 4.74 Å².